The average Bonchev–Trinajstić information content (AvgIpc) is 2.53. The molecule has 0 saturated heterocycles. The number of aliphatic imine (C=N–C) groups is 1. The van der Waals surface area contributed by atoms with Crippen LogP contribution in [0.15, 0.2) is 47.6 Å². The maximum absolute atomic E-state index is 5.89. The molecule has 1 heterocycles. The van der Waals surface area contributed by atoms with Crippen molar-refractivity contribution in [3.05, 3.63) is 48.2 Å². The van der Waals surface area contributed by atoms with Gasteiger partial charge in [-0.2, -0.15) is 0 Å². The molecule has 2 aromatic rings. The van der Waals surface area contributed by atoms with Crippen LogP contribution >= 0.6 is 24.0 Å². The highest BCUT2D eigenvalue weighted by molar-refractivity contribution is 14.0. The number of rotatable bonds is 5. The van der Waals surface area contributed by atoms with Gasteiger partial charge in [0.1, 0.15) is 5.75 Å². The lowest BCUT2D eigenvalue weighted by Crippen LogP contribution is -2.23. The Morgan fingerprint density at radius 1 is 1.18 bits per heavy atom. The van der Waals surface area contributed by atoms with E-state index in [9.17, 15) is 0 Å². The molecule has 0 unspecified atom stereocenters. The first-order chi connectivity index (χ1) is 10.2. The fraction of sp³-hybridized carbons (Fsp3) is 0.200. The van der Waals surface area contributed by atoms with E-state index in [1.807, 2.05) is 36.4 Å². The first kappa shape index (κ1) is 18.0. The standard InChI is InChI=1S/C15H18N4O2.HI/c1-20-13-8-4-3-7-12(13)19-15(16)18-10-11-6-5-9-17-14(11)21-2;/h3-9H,10H2,1-2H3,(H3,16,18,19);1H. The van der Waals surface area contributed by atoms with E-state index in [4.69, 9.17) is 15.2 Å². The summed E-state index contributed by atoms with van der Waals surface area (Å²) in [6.07, 6.45) is 1.67. The number of hydrogen-bond donors (Lipinski definition) is 2. The molecule has 0 bridgehead atoms. The molecule has 0 spiro atoms. The number of ether oxygens (including phenoxy) is 2. The molecule has 0 aliphatic rings. The summed E-state index contributed by atoms with van der Waals surface area (Å²) in [5.41, 5.74) is 7.52. The fourth-order valence-corrected chi connectivity index (χ4v) is 1.82. The predicted octanol–water partition coefficient (Wildman–Crippen LogP) is 2.64. The molecule has 3 N–H and O–H groups in total. The third-order valence-corrected chi connectivity index (χ3v) is 2.83. The van der Waals surface area contributed by atoms with Gasteiger partial charge in [0.15, 0.2) is 5.96 Å². The van der Waals surface area contributed by atoms with Crippen molar-refractivity contribution in [2.24, 2.45) is 10.7 Å². The summed E-state index contributed by atoms with van der Waals surface area (Å²) >= 11 is 0. The Balaban J connectivity index is 0.00000242. The van der Waals surface area contributed by atoms with E-state index in [-0.39, 0.29) is 24.0 Å². The van der Waals surface area contributed by atoms with Crippen LogP contribution in [0.4, 0.5) is 5.69 Å². The second-order valence-electron chi connectivity index (χ2n) is 4.20. The van der Waals surface area contributed by atoms with E-state index in [1.165, 1.54) is 0 Å². The highest BCUT2D eigenvalue weighted by Gasteiger charge is 2.04. The number of nitrogens with one attached hydrogen (secondary N) is 1. The topological polar surface area (TPSA) is 81.8 Å². The molecule has 0 fully saturated rings. The number of halogens is 1. The molecule has 2 rings (SSSR count). The minimum absolute atomic E-state index is 0. The van der Waals surface area contributed by atoms with Crippen molar-refractivity contribution in [3.8, 4) is 11.6 Å². The van der Waals surface area contributed by atoms with Crippen molar-refractivity contribution in [1.82, 2.24) is 4.98 Å². The Morgan fingerprint density at radius 2 is 1.95 bits per heavy atom. The van der Waals surface area contributed by atoms with E-state index in [0.29, 0.717) is 24.1 Å². The quantitative estimate of drug-likeness (QED) is 0.447. The number of guanidine groups is 1. The van der Waals surface area contributed by atoms with Gasteiger partial charge < -0.3 is 20.5 Å². The van der Waals surface area contributed by atoms with Crippen LogP contribution in [0.5, 0.6) is 11.6 Å². The van der Waals surface area contributed by atoms with Crippen LogP contribution in [0.2, 0.25) is 0 Å². The van der Waals surface area contributed by atoms with E-state index >= 15 is 0 Å². The van der Waals surface area contributed by atoms with Crippen LogP contribution in [-0.4, -0.2) is 25.2 Å². The number of para-hydroxylation sites is 2. The van der Waals surface area contributed by atoms with Crippen LogP contribution in [0, 0.1) is 0 Å². The number of methoxy groups -OCH3 is 2. The van der Waals surface area contributed by atoms with Gasteiger partial charge in [-0.1, -0.05) is 18.2 Å². The first-order valence-electron chi connectivity index (χ1n) is 6.42. The number of pyridine rings is 1. The molecular weight excluding hydrogens is 395 g/mol. The van der Waals surface area contributed by atoms with Gasteiger partial charge >= 0.3 is 0 Å². The number of aromatic nitrogens is 1. The molecule has 1 aromatic carbocycles. The Morgan fingerprint density at radius 3 is 2.68 bits per heavy atom. The van der Waals surface area contributed by atoms with Crippen molar-refractivity contribution >= 4 is 35.6 Å². The van der Waals surface area contributed by atoms with Crippen molar-refractivity contribution in [1.29, 1.82) is 0 Å². The third kappa shape index (κ3) is 4.76. The van der Waals surface area contributed by atoms with Crippen LogP contribution in [0.3, 0.4) is 0 Å². The maximum Gasteiger partial charge on any atom is 0.218 e. The summed E-state index contributed by atoms with van der Waals surface area (Å²) in [6, 6.07) is 11.2. The zero-order chi connectivity index (χ0) is 15.1. The number of nitrogens with zero attached hydrogens (tertiary/aromatic N) is 2. The Bertz CT molecular complexity index is 634. The zero-order valence-corrected chi connectivity index (χ0v) is 14.8. The third-order valence-electron chi connectivity index (χ3n) is 2.83. The molecule has 0 atom stereocenters. The summed E-state index contributed by atoms with van der Waals surface area (Å²) in [7, 11) is 3.18. The van der Waals surface area contributed by atoms with E-state index < -0.39 is 0 Å². The summed E-state index contributed by atoms with van der Waals surface area (Å²) in [5, 5.41) is 3.01. The molecule has 22 heavy (non-hydrogen) atoms. The second-order valence-corrected chi connectivity index (χ2v) is 4.20. The largest absolute Gasteiger partial charge is 0.495 e. The van der Waals surface area contributed by atoms with Gasteiger partial charge in [0.2, 0.25) is 5.88 Å². The Labute approximate surface area is 146 Å². The fourth-order valence-electron chi connectivity index (χ4n) is 1.82. The van der Waals surface area contributed by atoms with E-state index in [0.717, 1.165) is 11.3 Å². The summed E-state index contributed by atoms with van der Waals surface area (Å²) in [6.45, 7) is 0.380. The lowest BCUT2D eigenvalue weighted by atomic mass is 10.3. The zero-order valence-electron chi connectivity index (χ0n) is 12.4. The predicted molar refractivity (Wildman–Crippen MR) is 98.1 cm³/mol. The van der Waals surface area contributed by atoms with Gasteiger partial charge in [-0.05, 0) is 18.2 Å². The molecule has 7 heteroatoms. The van der Waals surface area contributed by atoms with Gasteiger partial charge in [-0.3, -0.25) is 0 Å². The maximum atomic E-state index is 5.89. The smallest absolute Gasteiger partial charge is 0.218 e. The van der Waals surface area contributed by atoms with Gasteiger partial charge in [-0.15, -0.1) is 24.0 Å². The highest BCUT2D eigenvalue weighted by Crippen LogP contribution is 2.22. The minimum atomic E-state index is 0. The lowest BCUT2D eigenvalue weighted by molar-refractivity contribution is 0.392. The molecule has 118 valence electrons. The van der Waals surface area contributed by atoms with Crippen LogP contribution in [-0.2, 0) is 6.54 Å². The van der Waals surface area contributed by atoms with E-state index in [2.05, 4.69) is 15.3 Å². The highest BCUT2D eigenvalue weighted by atomic mass is 127. The Kier molecular flexibility index (Phi) is 7.44. The average molecular weight is 414 g/mol. The monoisotopic (exact) mass is 414 g/mol. The van der Waals surface area contributed by atoms with Crippen molar-refractivity contribution in [3.63, 3.8) is 0 Å². The molecule has 0 aliphatic carbocycles. The van der Waals surface area contributed by atoms with Crippen molar-refractivity contribution < 1.29 is 9.47 Å². The number of nitrogens with two attached hydrogens (primary N) is 1. The van der Waals surface area contributed by atoms with E-state index in [1.54, 1.807) is 20.4 Å². The summed E-state index contributed by atoms with van der Waals surface area (Å²) < 4.78 is 10.4. The van der Waals surface area contributed by atoms with Gasteiger partial charge in [0, 0.05) is 11.8 Å². The number of hydrogen-bond acceptors (Lipinski definition) is 4. The molecular formula is C15H19IN4O2. The lowest BCUT2D eigenvalue weighted by Gasteiger charge is -2.10. The van der Waals surface area contributed by atoms with Gasteiger partial charge in [0.05, 0.1) is 26.5 Å². The molecule has 0 saturated carbocycles. The minimum Gasteiger partial charge on any atom is -0.495 e. The van der Waals surface area contributed by atoms with Crippen molar-refractivity contribution in [2.75, 3.05) is 19.5 Å². The van der Waals surface area contributed by atoms with Gasteiger partial charge in [-0.25, -0.2) is 9.98 Å². The normalized spacial score (nSPS) is 10.5. The second kappa shape index (κ2) is 9.08. The SMILES string of the molecule is COc1ccccc1NC(N)=NCc1cccnc1OC.I. The summed E-state index contributed by atoms with van der Waals surface area (Å²) in [5.74, 6) is 1.55. The first-order valence-corrected chi connectivity index (χ1v) is 6.42. The molecule has 6 nitrogen and oxygen atoms in total. The molecule has 0 amide bonds. The number of anilines is 1. The van der Waals surface area contributed by atoms with Gasteiger partial charge in [0.25, 0.3) is 0 Å². The summed E-state index contributed by atoms with van der Waals surface area (Å²) in [4.78, 5) is 8.40. The number of benzene rings is 1. The van der Waals surface area contributed by atoms with Crippen molar-refractivity contribution in [2.45, 2.75) is 6.54 Å². The van der Waals surface area contributed by atoms with Crippen LogP contribution < -0.4 is 20.5 Å². The Hall–Kier alpha value is -2.03. The molecule has 1 aromatic heterocycles. The molecule has 0 radical (unpaired) electrons. The van der Waals surface area contributed by atoms with Crippen LogP contribution in [0.25, 0.3) is 0 Å². The van der Waals surface area contributed by atoms with Crippen LogP contribution in [0.1, 0.15) is 5.56 Å². The molecule has 0 aliphatic heterocycles.